The van der Waals surface area contributed by atoms with E-state index in [2.05, 4.69) is 10.3 Å². The Hall–Kier alpha value is -2.86. The van der Waals surface area contributed by atoms with Crippen LogP contribution in [0.25, 0.3) is 0 Å². The van der Waals surface area contributed by atoms with Crippen LogP contribution in [0.15, 0.2) is 58.8 Å². The summed E-state index contributed by atoms with van der Waals surface area (Å²) in [4.78, 5) is 21.6. The third-order valence-electron chi connectivity index (χ3n) is 3.50. The Balaban J connectivity index is 2.09. The number of Topliss-reactive ketones (excluding diaryl/α,β-unsaturated/α-hetero) is 1. The molecule has 0 saturated heterocycles. The van der Waals surface area contributed by atoms with Crippen LogP contribution in [0.5, 0.6) is 5.75 Å². The minimum Gasteiger partial charge on any atom is -0.487 e. The highest BCUT2D eigenvalue weighted by atomic mass is 35.5. The average Bonchev–Trinajstić information content (AvgIpc) is 2.67. The average molecular weight is 389 g/mol. The number of nitrogens with zero attached hydrogens (tertiary/aromatic N) is 2. The SMILES string of the molecule is CCO/N=C(/C(C)=O)c1ccc(OC/C(=N/OC)c2ccc(Cl)cc2)cc1. The van der Waals surface area contributed by atoms with E-state index in [0.29, 0.717) is 28.7 Å². The predicted molar refractivity (Wildman–Crippen MR) is 106 cm³/mol. The van der Waals surface area contributed by atoms with Gasteiger partial charge in [-0.2, -0.15) is 0 Å². The van der Waals surface area contributed by atoms with Crippen LogP contribution in [0.3, 0.4) is 0 Å². The largest absolute Gasteiger partial charge is 0.487 e. The molecular formula is C20H21ClN2O4. The van der Waals surface area contributed by atoms with Crippen molar-refractivity contribution in [3.05, 3.63) is 64.7 Å². The number of hydrogen-bond donors (Lipinski definition) is 0. The van der Waals surface area contributed by atoms with E-state index in [-0.39, 0.29) is 18.1 Å². The van der Waals surface area contributed by atoms with Crippen molar-refractivity contribution in [1.82, 2.24) is 0 Å². The van der Waals surface area contributed by atoms with Crippen LogP contribution in [-0.4, -0.2) is 37.5 Å². The van der Waals surface area contributed by atoms with Crippen molar-refractivity contribution in [3.63, 3.8) is 0 Å². The predicted octanol–water partition coefficient (Wildman–Crippen LogP) is 4.10. The third-order valence-corrected chi connectivity index (χ3v) is 3.75. The molecule has 0 spiro atoms. The Morgan fingerprint density at radius 1 is 1.00 bits per heavy atom. The second-order valence-corrected chi connectivity index (χ2v) is 5.89. The van der Waals surface area contributed by atoms with Gasteiger partial charge in [0.2, 0.25) is 0 Å². The topological polar surface area (TPSA) is 69.5 Å². The molecule has 0 aliphatic heterocycles. The summed E-state index contributed by atoms with van der Waals surface area (Å²) in [5.41, 5.74) is 2.40. The highest BCUT2D eigenvalue weighted by Crippen LogP contribution is 2.15. The molecule has 0 bridgehead atoms. The number of benzene rings is 2. The Bertz CT molecular complexity index is 815. The molecule has 0 aliphatic carbocycles. The van der Waals surface area contributed by atoms with Crippen LogP contribution in [0.1, 0.15) is 25.0 Å². The van der Waals surface area contributed by atoms with E-state index in [0.717, 1.165) is 5.56 Å². The Morgan fingerprint density at radius 2 is 1.63 bits per heavy atom. The van der Waals surface area contributed by atoms with Crippen LogP contribution < -0.4 is 4.74 Å². The van der Waals surface area contributed by atoms with Gasteiger partial charge < -0.3 is 14.4 Å². The van der Waals surface area contributed by atoms with Gasteiger partial charge in [-0.05, 0) is 43.3 Å². The summed E-state index contributed by atoms with van der Waals surface area (Å²) in [6, 6.07) is 14.3. The highest BCUT2D eigenvalue weighted by molar-refractivity contribution is 6.45. The van der Waals surface area contributed by atoms with Gasteiger partial charge in [-0.15, -0.1) is 0 Å². The first-order valence-corrected chi connectivity index (χ1v) is 8.73. The maximum Gasteiger partial charge on any atom is 0.182 e. The molecule has 27 heavy (non-hydrogen) atoms. The van der Waals surface area contributed by atoms with Crippen LogP contribution in [0, 0.1) is 0 Å². The summed E-state index contributed by atoms with van der Waals surface area (Å²) in [7, 11) is 1.48. The highest BCUT2D eigenvalue weighted by Gasteiger charge is 2.11. The molecule has 0 aromatic heterocycles. The van der Waals surface area contributed by atoms with Gasteiger partial charge in [0.05, 0.1) is 0 Å². The molecule has 0 fully saturated rings. The first kappa shape index (κ1) is 20.5. The quantitative estimate of drug-likeness (QED) is 0.479. The monoisotopic (exact) mass is 388 g/mol. The molecule has 7 heteroatoms. The molecule has 6 nitrogen and oxygen atoms in total. The number of oxime groups is 2. The summed E-state index contributed by atoms with van der Waals surface area (Å²) >= 11 is 5.92. The molecule has 2 aromatic carbocycles. The fourth-order valence-corrected chi connectivity index (χ4v) is 2.35. The van der Waals surface area contributed by atoms with E-state index in [1.165, 1.54) is 14.0 Å². The second-order valence-electron chi connectivity index (χ2n) is 5.45. The van der Waals surface area contributed by atoms with Gasteiger partial charge in [-0.3, -0.25) is 4.79 Å². The van der Waals surface area contributed by atoms with Gasteiger partial charge in [0.25, 0.3) is 0 Å². The smallest absolute Gasteiger partial charge is 0.182 e. The lowest BCUT2D eigenvalue weighted by Crippen LogP contribution is -2.14. The standard InChI is InChI=1S/C20H21ClN2O4/c1-4-27-23-20(14(2)24)16-7-11-18(12-8-16)26-13-19(22-25-3)15-5-9-17(21)10-6-15/h5-12H,4,13H2,1-3H3/b22-19-,23-20-. The molecule has 0 saturated carbocycles. The zero-order valence-corrected chi connectivity index (χ0v) is 16.2. The van der Waals surface area contributed by atoms with E-state index in [4.69, 9.17) is 26.0 Å². The van der Waals surface area contributed by atoms with Gasteiger partial charge in [0, 0.05) is 23.1 Å². The van der Waals surface area contributed by atoms with Crippen molar-refractivity contribution in [2.45, 2.75) is 13.8 Å². The molecule has 0 aliphatic rings. The zero-order valence-electron chi connectivity index (χ0n) is 15.4. The van der Waals surface area contributed by atoms with Crippen LogP contribution in [0.2, 0.25) is 5.02 Å². The van der Waals surface area contributed by atoms with Crippen molar-refractivity contribution in [2.75, 3.05) is 20.3 Å². The van der Waals surface area contributed by atoms with Crippen molar-refractivity contribution < 1.29 is 19.2 Å². The molecule has 0 atom stereocenters. The lowest BCUT2D eigenvalue weighted by atomic mass is 10.1. The van der Waals surface area contributed by atoms with Crippen molar-refractivity contribution in [1.29, 1.82) is 0 Å². The van der Waals surface area contributed by atoms with Gasteiger partial charge in [0.1, 0.15) is 31.8 Å². The van der Waals surface area contributed by atoms with Gasteiger partial charge in [-0.25, -0.2) is 0 Å². The fourth-order valence-electron chi connectivity index (χ4n) is 2.22. The Morgan fingerprint density at radius 3 is 2.19 bits per heavy atom. The molecule has 0 unspecified atom stereocenters. The van der Waals surface area contributed by atoms with Crippen LogP contribution in [0.4, 0.5) is 0 Å². The first-order valence-electron chi connectivity index (χ1n) is 8.35. The molecule has 2 aromatic rings. The minimum atomic E-state index is -0.172. The normalized spacial score (nSPS) is 11.9. The maximum atomic E-state index is 11.7. The number of ether oxygens (including phenoxy) is 1. The third kappa shape index (κ3) is 6.11. The molecule has 0 N–H and O–H groups in total. The molecule has 0 heterocycles. The number of carbonyl (C=O) groups is 1. The van der Waals surface area contributed by atoms with E-state index in [1.807, 2.05) is 12.1 Å². The van der Waals surface area contributed by atoms with E-state index in [9.17, 15) is 4.79 Å². The number of ketones is 1. The molecule has 142 valence electrons. The summed E-state index contributed by atoms with van der Waals surface area (Å²) in [6.45, 7) is 3.85. The lowest BCUT2D eigenvalue weighted by molar-refractivity contribution is -0.111. The molecule has 2 rings (SSSR count). The number of hydrogen-bond acceptors (Lipinski definition) is 6. The summed E-state index contributed by atoms with van der Waals surface area (Å²) in [5, 5.41) is 8.52. The number of rotatable bonds is 9. The molecule has 0 amide bonds. The fraction of sp³-hybridized carbons (Fsp3) is 0.250. The van der Waals surface area contributed by atoms with Crippen LogP contribution >= 0.6 is 11.6 Å². The summed E-state index contributed by atoms with van der Waals surface area (Å²) < 4.78 is 5.78. The molecule has 0 radical (unpaired) electrons. The van der Waals surface area contributed by atoms with Gasteiger partial charge in [0.15, 0.2) is 11.5 Å². The zero-order chi connectivity index (χ0) is 19.6. The van der Waals surface area contributed by atoms with E-state index >= 15 is 0 Å². The summed E-state index contributed by atoms with van der Waals surface area (Å²) in [5.74, 6) is 0.449. The van der Waals surface area contributed by atoms with Gasteiger partial charge >= 0.3 is 0 Å². The maximum absolute atomic E-state index is 11.7. The van der Waals surface area contributed by atoms with Crippen molar-refractivity contribution in [3.8, 4) is 5.75 Å². The van der Waals surface area contributed by atoms with Crippen molar-refractivity contribution in [2.24, 2.45) is 10.3 Å². The first-order chi connectivity index (χ1) is 13.0. The Labute approximate surface area is 163 Å². The summed E-state index contributed by atoms with van der Waals surface area (Å²) in [6.07, 6.45) is 0. The molecular weight excluding hydrogens is 368 g/mol. The van der Waals surface area contributed by atoms with E-state index in [1.54, 1.807) is 43.3 Å². The van der Waals surface area contributed by atoms with Crippen molar-refractivity contribution >= 4 is 28.8 Å². The minimum absolute atomic E-state index is 0.172. The Kier molecular flexibility index (Phi) is 7.82. The van der Waals surface area contributed by atoms with E-state index < -0.39 is 0 Å². The number of halogens is 1. The second kappa shape index (κ2) is 10.3. The number of carbonyl (C=O) groups excluding carboxylic acids is 1. The van der Waals surface area contributed by atoms with Gasteiger partial charge in [-0.1, -0.05) is 34.0 Å². The lowest BCUT2D eigenvalue weighted by Gasteiger charge is -2.10. The van der Waals surface area contributed by atoms with Crippen LogP contribution in [-0.2, 0) is 14.5 Å².